The van der Waals surface area contributed by atoms with Gasteiger partial charge in [-0.1, -0.05) is 36.7 Å². The molecule has 0 aliphatic heterocycles. The Morgan fingerprint density at radius 3 is 2.60 bits per heavy atom. The van der Waals surface area contributed by atoms with Crippen molar-refractivity contribution < 1.29 is 9.59 Å². The fourth-order valence-electron chi connectivity index (χ4n) is 3.74. The maximum Gasteiger partial charge on any atom is 0.352 e. The zero-order valence-corrected chi connectivity index (χ0v) is 20.1. The van der Waals surface area contributed by atoms with Crippen molar-refractivity contribution in [3.05, 3.63) is 74.4 Å². The summed E-state index contributed by atoms with van der Waals surface area (Å²) in [5, 5.41) is 10.6. The molecule has 0 saturated carbocycles. The van der Waals surface area contributed by atoms with Crippen LogP contribution in [0.15, 0.2) is 58.1 Å². The number of hydrogen-bond acceptors (Lipinski definition) is 5. The van der Waals surface area contributed by atoms with E-state index in [1.165, 1.54) is 8.97 Å². The first-order valence-corrected chi connectivity index (χ1v) is 11.6. The summed E-state index contributed by atoms with van der Waals surface area (Å²) in [4.78, 5) is 51.4. The Bertz CT molecular complexity index is 1540. The van der Waals surface area contributed by atoms with Gasteiger partial charge in [-0.2, -0.15) is 0 Å². The second kappa shape index (κ2) is 10.1. The molecule has 2 aromatic heterocycles. The summed E-state index contributed by atoms with van der Waals surface area (Å²) in [7, 11) is 0. The summed E-state index contributed by atoms with van der Waals surface area (Å²) >= 11 is 5.96. The number of aromatic nitrogens is 4. The van der Waals surface area contributed by atoms with E-state index in [4.69, 9.17) is 11.6 Å². The van der Waals surface area contributed by atoms with E-state index in [2.05, 4.69) is 15.7 Å². The Kier molecular flexibility index (Phi) is 7.02. The molecule has 0 spiro atoms. The number of carbonyl (C=O) groups is 2. The SMILES string of the molecule is CCC(C)NC(=O)CCn1c(=O)c2ccccc2n2c(=O)n(CC(=O)Nc3cccc(Cl)c3)nc12. The third-order valence-corrected chi connectivity index (χ3v) is 5.90. The topological polar surface area (TPSA) is 120 Å². The molecule has 2 N–H and O–H groups in total. The minimum absolute atomic E-state index is 0.00989. The molecule has 0 radical (unpaired) electrons. The zero-order valence-electron chi connectivity index (χ0n) is 19.3. The lowest BCUT2D eigenvalue weighted by molar-refractivity contribution is -0.122. The minimum Gasteiger partial charge on any atom is -0.354 e. The van der Waals surface area contributed by atoms with Crippen LogP contribution in [-0.2, 0) is 22.7 Å². The fourth-order valence-corrected chi connectivity index (χ4v) is 3.93. The van der Waals surface area contributed by atoms with Crippen LogP contribution in [0, 0.1) is 0 Å². The number of para-hydroxylation sites is 1. The number of nitrogens with one attached hydrogen (secondary N) is 2. The molecule has 182 valence electrons. The molecule has 0 fully saturated rings. The van der Waals surface area contributed by atoms with Crippen molar-refractivity contribution in [1.29, 1.82) is 0 Å². The van der Waals surface area contributed by atoms with Gasteiger partial charge in [0.2, 0.25) is 17.6 Å². The van der Waals surface area contributed by atoms with Crippen LogP contribution in [-0.4, -0.2) is 36.6 Å². The van der Waals surface area contributed by atoms with Gasteiger partial charge in [0, 0.05) is 29.7 Å². The van der Waals surface area contributed by atoms with Gasteiger partial charge in [0.1, 0.15) is 6.54 Å². The number of hydrogen-bond donors (Lipinski definition) is 2. The lowest BCUT2D eigenvalue weighted by Crippen LogP contribution is -2.34. The highest BCUT2D eigenvalue weighted by Crippen LogP contribution is 2.15. The minimum atomic E-state index is -0.574. The smallest absolute Gasteiger partial charge is 0.352 e. The van der Waals surface area contributed by atoms with Crippen LogP contribution >= 0.6 is 11.6 Å². The Labute approximate surface area is 205 Å². The van der Waals surface area contributed by atoms with Gasteiger partial charge in [-0.3, -0.25) is 19.0 Å². The summed E-state index contributed by atoms with van der Waals surface area (Å²) in [6, 6.07) is 13.3. The first-order chi connectivity index (χ1) is 16.8. The standard InChI is InChI=1S/C24H25ClN6O4/c1-3-15(2)26-20(32)11-12-29-22(34)18-9-4-5-10-19(18)31-23(29)28-30(24(31)35)14-21(33)27-17-8-6-7-16(25)13-17/h4-10,13,15H,3,11-12,14H2,1-2H3,(H,26,32)(H,27,33). The van der Waals surface area contributed by atoms with E-state index in [-0.39, 0.29) is 42.8 Å². The zero-order chi connectivity index (χ0) is 25.1. The second-order valence-electron chi connectivity index (χ2n) is 8.23. The van der Waals surface area contributed by atoms with Crippen molar-refractivity contribution in [2.45, 2.75) is 45.8 Å². The van der Waals surface area contributed by atoms with E-state index >= 15 is 0 Å². The highest BCUT2D eigenvalue weighted by Gasteiger charge is 2.19. The predicted octanol–water partition coefficient (Wildman–Crippen LogP) is 2.41. The molecule has 0 saturated heterocycles. The molecule has 0 aliphatic carbocycles. The molecule has 2 heterocycles. The third-order valence-electron chi connectivity index (χ3n) is 5.67. The number of nitrogens with zero attached hydrogens (tertiary/aromatic N) is 4. The average molecular weight is 497 g/mol. The van der Waals surface area contributed by atoms with Gasteiger partial charge in [-0.15, -0.1) is 5.10 Å². The Morgan fingerprint density at radius 2 is 1.86 bits per heavy atom. The first-order valence-electron chi connectivity index (χ1n) is 11.2. The number of carbonyl (C=O) groups excluding carboxylic acids is 2. The van der Waals surface area contributed by atoms with Gasteiger partial charge in [-0.05, 0) is 43.7 Å². The van der Waals surface area contributed by atoms with Crippen LogP contribution in [0.1, 0.15) is 26.7 Å². The molecule has 2 aromatic carbocycles. The molecule has 0 bridgehead atoms. The fraction of sp³-hybridized carbons (Fsp3) is 0.292. The molecule has 4 rings (SSSR count). The van der Waals surface area contributed by atoms with Gasteiger partial charge in [0.05, 0.1) is 10.9 Å². The van der Waals surface area contributed by atoms with Gasteiger partial charge >= 0.3 is 5.69 Å². The van der Waals surface area contributed by atoms with Gasteiger partial charge in [-0.25, -0.2) is 13.9 Å². The van der Waals surface area contributed by atoms with E-state index in [0.29, 0.717) is 21.6 Å². The molecule has 2 amide bonds. The molecule has 10 nitrogen and oxygen atoms in total. The number of aryl methyl sites for hydroxylation is 1. The van der Waals surface area contributed by atoms with Crippen molar-refractivity contribution in [1.82, 2.24) is 24.1 Å². The van der Waals surface area contributed by atoms with Gasteiger partial charge in [0.15, 0.2) is 0 Å². The maximum atomic E-state index is 13.2. The molecule has 35 heavy (non-hydrogen) atoms. The quantitative estimate of drug-likeness (QED) is 0.388. The van der Waals surface area contributed by atoms with Crippen molar-refractivity contribution in [3.63, 3.8) is 0 Å². The summed E-state index contributed by atoms with van der Waals surface area (Å²) in [6.07, 6.45) is 0.817. The number of benzene rings is 2. The van der Waals surface area contributed by atoms with E-state index in [9.17, 15) is 19.2 Å². The molecule has 0 aliphatic rings. The van der Waals surface area contributed by atoms with E-state index in [1.807, 2.05) is 13.8 Å². The van der Waals surface area contributed by atoms with Crippen molar-refractivity contribution in [2.75, 3.05) is 5.32 Å². The van der Waals surface area contributed by atoms with E-state index < -0.39 is 11.6 Å². The summed E-state index contributed by atoms with van der Waals surface area (Å²) in [5.74, 6) is -0.630. The van der Waals surface area contributed by atoms with Crippen molar-refractivity contribution in [2.24, 2.45) is 0 Å². The second-order valence-corrected chi connectivity index (χ2v) is 8.67. The monoisotopic (exact) mass is 496 g/mol. The molecule has 4 aromatic rings. The Balaban J connectivity index is 1.71. The number of fused-ring (bicyclic) bond motifs is 3. The number of amides is 2. The van der Waals surface area contributed by atoms with E-state index in [1.54, 1.807) is 48.5 Å². The van der Waals surface area contributed by atoms with Crippen molar-refractivity contribution >= 4 is 45.8 Å². The first kappa shape index (κ1) is 24.2. The van der Waals surface area contributed by atoms with Crippen molar-refractivity contribution in [3.8, 4) is 0 Å². The van der Waals surface area contributed by atoms with Crippen LogP contribution in [0.5, 0.6) is 0 Å². The van der Waals surface area contributed by atoms with E-state index in [0.717, 1.165) is 11.1 Å². The largest absolute Gasteiger partial charge is 0.354 e. The summed E-state index contributed by atoms with van der Waals surface area (Å²) in [5.41, 5.74) is -0.0893. The summed E-state index contributed by atoms with van der Waals surface area (Å²) < 4.78 is 3.58. The molecule has 11 heteroatoms. The number of anilines is 1. The number of halogens is 1. The third kappa shape index (κ3) is 5.12. The lowest BCUT2D eigenvalue weighted by Gasteiger charge is -2.12. The average Bonchev–Trinajstić information content (AvgIpc) is 3.14. The van der Waals surface area contributed by atoms with Crippen LogP contribution in [0.25, 0.3) is 16.7 Å². The summed E-state index contributed by atoms with van der Waals surface area (Å²) in [6.45, 7) is 3.52. The van der Waals surface area contributed by atoms with Gasteiger partial charge in [0.25, 0.3) is 5.56 Å². The van der Waals surface area contributed by atoms with Gasteiger partial charge < -0.3 is 10.6 Å². The highest BCUT2D eigenvalue weighted by atomic mass is 35.5. The molecule has 1 unspecified atom stereocenters. The highest BCUT2D eigenvalue weighted by molar-refractivity contribution is 6.30. The van der Waals surface area contributed by atoms with Crippen LogP contribution in [0.4, 0.5) is 5.69 Å². The number of rotatable bonds is 8. The maximum absolute atomic E-state index is 13.2. The Morgan fingerprint density at radius 1 is 1.09 bits per heavy atom. The Hall–Kier alpha value is -3.92. The molecular formula is C24H25ClN6O4. The van der Waals surface area contributed by atoms with Crippen LogP contribution in [0.2, 0.25) is 5.02 Å². The predicted molar refractivity (Wildman–Crippen MR) is 134 cm³/mol. The van der Waals surface area contributed by atoms with Crippen LogP contribution in [0.3, 0.4) is 0 Å². The molecular weight excluding hydrogens is 472 g/mol. The van der Waals surface area contributed by atoms with Crippen LogP contribution < -0.4 is 21.9 Å². The molecule has 1 atom stereocenters. The normalized spacial score (nSPS) is 12.1. The lowest BCUT2D eigenvalue weighted by atomic mass is 10.2.